The van der Waals surface area contributed by atoms with Crippen LogP contribution in [0.4, 0.5) is 0 Å². The van der Waals surface area contributed by atoms with Crippen LogP contribution >= 0.6 is 0 Å². The van der Waals surface area contributed by atoms with Crippen LogP contribution in [-0.4, -0.2) is 64.0 Å². The van der Waals surface area contributed by atoms with Crippen LogP contribution in [0.2, 0.25) is 0 Å². The van der Waals surface area contributed by atoms with E-state index < -0.39 is 10.0 Å². The number of hydrogen-bond donors (Lipinski definition) is 0. The van der Waals surface area contributed by atoms with Gasteiger partial charge in [0, 0.05) is 46.3 Å². The summed E-state index contributed by atoms with van der Waals surface area (Å²) < 4.78 is 35.4. The van der Waals surface area contributed by atoms with Crippen molar-refractivity contribution >= 4 is 27.0 Å². The van der Waals surface area contributed by atoms with Crippen LogP contribution in [0, 0.1) is 6.92 Å². The molecule has 0 aliphatic carbocycles. The van der Waals surface area contributed by atoms with Crippen LogP contribution in [0.5, 0.6) is 0 Å². The first-order chi connectivity index (χ1) is 13.7. The van der Waals surface area contributed by atoms with Crippen molar-refractivity contribution in [3.8, 4) is 0 Å². The van der Waals surface area contributed by atoms with Crippen molar-refractivity contribution in [1.29, 1.82) is 0 Å². The molecular weight excluding hydrogens is 398 g/mol. The SMILES string of the molecule is Cc1cc(C(=O)N2CCN(S(=O)(=O)c3ccc4c(c3)n(C)c(=O)n4C)CC2)on1. The molecule has 0 spiro atoms. The standard InChI is InChI=1S/C18H21N5O5S/c1-12-10-16(28-19-12)17(24)22-6-8-23(9-7-22)29(26,27)13-4-5-14-15(11-13)21(3)18(25)20(14)2/h4-5,10-11H,6-9H2,1-3H3. The summed E-state index contributed by atoms with van der Waals surface area (Å²) in [4.78, 5) is 26.2. The van der Waals surface area contributed by atoms with E-state index in [2.05, 4.69) is 5.16 Å². The van der Waals surface area contributed by atoms with Crippen LogP contribution in [0.25, 0.3) is 11.0 Å². The third kappa shape index (κ3) is 3.15. The van der Waals surface area contributed by atoms with Gasteiger partial charge in [-0.15, -0.1) is 0 Å². The zero-order valence-corrected chi connectivity index (χ0v) is 17.1. The Morgan fingerprint density at radius 3 is 2.31 bits per heavy atom. The quantitative estimate of drug-likeness (QED) is 0.605. The molecule has 3 aromatic rings. The number of hydrogen-bond acceptors (Lipinski definition) is 6. The number of carbonyl (C=O) groups excluding carboxylic acids is 1. The fourth-order valence-corrected chi connectivity index (χ4v) is 4.99. The molecule has 4 rings (SSSR count). The van der Waals surface area contributed by atoms with Crippen LogP contribution in [0.15, 0.2) is 38.5 Å². The van der Waals surface area contributed by atoms with Gasteiger partial charge in [-0.25, -0.2) is 13.2 Å². The number of piperazine rings is 1. The summed E-state index contributed by atoms with van der Waals surface area (Å²) in [6.07, 6.45) is 0. The van der Waals surface area contributed by atoms with E-state index >= 15 is 0 Å². The van der Waals surface area contributed by atoms with Gasteiger partial charge in [0.2, 0.25) is 15.8 Å². The highest BCUT2D eigenvalue weighted by Crippen LogP contribution is 2.22. The molecule has 0 saturated carbocycles. The molecule has 1 fully saturated rings. The summed E-state index contributed by atoms with van der Waals surface area (Å²) in [5.41, 5.74) is 1.60. The summed E-state index contributed by atoms with van der Waals surface area (Å²) in [6, 6.07) is 6.22. The second-order valence-corrected chi connectivity index (χ2v) is 9.02. The Kier molecular flexibility index (Phi) is 4.58. The number of sulfonamides is 1. The van der Waals surface area contributed by atoms with Crippen molar-refractivity contribution < 1.29 is 17.7 Å². The second kappa shape index (κ2) is 6.85. The van der Waals surface area contributed by atoms with E-state index in [9.17, 15) is 18.0 Å². The lowest BCUT2D eigenvalue weighted by molar-refractivity contribution is 0.0656. The molecule has 1 amide bonds. The first kappa shape index (κ1) is 19.4. The van der Waals surface area contributed by atoms with Gasteiger partial charge in [0.25, 0.3) is 5.91 Å². The highest BCUT2D eigenvalue weighted by Gasteiger charge is 2.32. The van der Waals surface area contributed by atoms with Crippen LogP contribution in [0.3, 0.4) is 0 Å². The lowest BCUT2D eigenvalue weighted by Gasteiger charge is -2.33. The highest BCUT2D eigenvalue weighted by atomic mass is 32.2. The summed E-state index contributed by atoms with van der Waals surface area (Å²) >= 11 is 0. The van der Waals surface area contributed by atoms with E-state index in [1.807, 2.05) is 0 Å². The molecule has 2 aromatic heterocycles. The van der Waals surface area contributed by atoms with E-state index in [1.165, 1.54) is 25.6 Å². The van der Waals surface area contributed by atoms with Gasteiger partial charge in [0.05, 0.1) is 21.6 Å². The molecule has 1 saturated heterocycles. The molecular formula is C18H21N5O5S. The Bertz CT molecular complexity index is 1260. The first-order valence-electron chi connectivity index (χ1n) is 9.08. The minimum Gasteiger partial charge on any atom is -0.351 e. The third-order valence-corrected chi connectivity index (χ3v) is 7.14. The molecule has 10 nitrogen and oxygen atoms in total. The number of aromatic nitrogens is 3. The van der Waals surface area contributed by atoms with E-state index in [1.54, 1.807) is 38.1 Å². The molecule has 0 atom stereocenters. The predicted octanol–water partition coefficient (Wildman–Crippen LogP) is 0.320. The van der Waals surface area contributed by atoms with Gasteiger partial charge in [0.15, 0.2) is 0 Å². The Balaban J connectivity index is 1.55. The Labute approximate surface area is 167 Å². The topological polar surface area (TPSA) is 111 Å². The zero-order chi connectivity index (χ0) is 20.9. The van der Waals surface area contributed by atoms with Gasteiger partial charge in [-0.2, -0.15) is 4.31 Å². The molecule has 0 unspecified atom stereocenters. The first-order valence-corrected chi connectivity index (χ1v) is 10.5. The molecule has 1 aliphatic heterocycles. The average Bonchev–Trinajstić information content (AvgIpc) is 3.25. The molecule has 0 radical (unpaired) electrons. The smallest absolute Gasteiger partial charge is 0.328 e. The van der Waals surface area contributed by atoms with Gasteiger partial charge in [-0.1, -0.05) is 5.16 Å². The summed E-state index contributed by atoms with van der Waals surface area (Å²) in [5, 5.41) is 3.71. The van der Waals surface area contributed by atoms with Crippen LogP contribution in [-0.2, 0) is 24.1 Å². The number of imidazole rings is 1. The zero-order valence-electron chi connectivity index (χ0n) is 16.3. The molecule has 1 aliphatic rings. The van der Waals surface area contributed by atoms with Crippen LogP contribution < -0.4 is 5.69 Å². The molecule has 29 heavy (non-hydrogen) atoms. The minimum absolute atomic E-state index is 0.122. The van der Waals surface area contributed by atoms with E-state index in [0.29, 0.717) is 16.7 Å². The lowest BCUT2D eigenvalue weighted by Crippen LogP contribution is -2.50. The van der Waals surface area contributed by atoms with Gasteiger partial charge in [0.1, 0.15) is 0 Å². The number of rotatable bonds is 3. The third-order valence-electron chi connectivity index (χ3n) is 5.25. The lowest BCUT2D eigenvalue weighted by atomic mass is 10.3. The highest BCUT2D eigenvalue weighted by molar-refractivity contribution is 7.89. The molecule has 1 aromatic carbocycles. The number of benzene rings is 1. The van der Waals surface area contributed by atoms with E-state index in [4.69, 9.17) is 4.52 Å². The number of aryl methyl sites for hydroxylation is 3. The van der Waals surface area contributed by atoms with Crippen molar-refractivity contribution in [2.24, 2.45) is 14.1 Å². The molecule has 11 heteroatoms. The van der Waals surface area contributed by atoms with Gasteiger partial charge >= 0.3 is 5.69 Å². The van der Waals surface area contributed by atoms with Crippen molar-refractivity contribution in [2.75, 3.05) is 26.2 Å². The molecule has 0 bridgehead atoms. The fourth-order valence-electron chi connectivity index (χ4n) is 3.55. The molecule has 3 heterocycles. The van der Waals surface area contributed by atoms with E-state index in [-0.39, 0.29) is 48.4 Å². The Morgan fingerprint density at radius 2 is 1.69 bits per heavy atom. The Morgan fingerprint density at radius 1 is 1.03 bits per heavy atom. The van der Waals surface area contributed by atoms with Crippen molar-refractivity contribution in [3.63, 3.8) is 0 Å². The van der Waals surface area contributed by atoms with Crippen LogP contribution in [0.1, 0.15) is 16.2 Å². The second-order valence-electron chi connectivity index (χ2n) is 7.08. The number of carbonyl (C=O) groups is 1. The normalized spacial score (nSPS) is 15.9. The summed E-state index contributed by atoms with van der Waals surface area (Å²) in [6.45, 7) is 2.58. The summed E-state index contributed by atoms with van der Waals surface area (Å²) in [5.74, 6) is -0.155. The maximum absolute atomic E-state index is 13.1. The monoisotopic (exact) mass is 419 g/mol. The molecule has 154 valence electrons. The minimum atomic E-state index is -3.75. The Hall–Kier alpha value is -2.92. The van der Waals surface area contributed by atoms with Crippen molar-refractivity contribution in [2.45, 2.75) is 11.8 Å². The largest absolute Gasteiger partial charge is 0.351 e. The fraction of sp³-hybridized carbons (Fsp3) is 0.389. The average molecular weight is 419 g/mol. The van der Waals surface area contributed by atoms with Crippen molar-refractivity contribution in [3.05, 3.63) is 46.2 Å². The predicted molar refractivity (Wildman–Crippen MR) is 104 cm³/mol. The van der Waals surface area contributed by atoms with Crippen molar-refractivity contribution in [1.82, 2.24) is 23.5 Å². The number of amides is 1. The number of fused-ring (bicyclic) bond motifs is 1. The van der Waals surface area contributed by atoms with Gasteiger partial charge < -0.3 is 9.42 Å². The maximum Gasteiger partial charge on any atom is 0.328 e. The van der Waals surface area contributed by atoms with Gasteiger partial charge in [-0.3, -0.25) is 13.9 Å². The maximum atomic E-state index is 13.1. The number of nitrogens with zero attached hydrogens (tertiary/aromatic N) is 5. The molecule has 0 N–H and O–H groups in total. The summed E-state index contributed by atoms with van der Waals surface area (Å²) in [7, 11) is -0.497. The van der Waals surface area contributed by atoms with E-state index in [0.717, 1.165) is 0 Å². The van der Waals surface area contributed by atoms with Gasteiger partial charge in [-0.05, 0) is 25.1 Å².